The lowest BCUT2D eigenvalue weighted by molar-refractivity contribution is -0.151. The maximum absolute atomic E-state index is 11.1. The van der Waals surface area contributed by atoms with Gasteiger partial charge in [0.2, 0.25) is 0 Å². The summed E-state index contributed by atoms with van der Waals surface area (Å²) in [5, 5.41) is 0. The topological polar surface area (TPSA) is 60.4 Å². The normalized spacial score (nSPS) is 11.8. The van der Waals surface area contributed by atoms with Crippen molar-refractivity contribution in [1.82, 2.24) is 0 Å². The molecule has 1 atom stereocenters. The summed E-state index contributed by atoms with van der Waals surface area (Å²) in [6, 6.07) is 0. The number of rotatable bonds is 6. The molecule has 0 rings (SSSR count). The molecular formula is C8H12O4S. The van der Waals surface area contributed by atoms with Crippen LogP contribution in [0.5, 0.6) is 0 Å². The fraction of sp³-hybridized carbons (Fsp3) is 0.625. The quantitative estimate of drug-likeness (QED) is 0.354. The van der Waals surface area contributed by atoms with Crippen molar-refractivity contribution in [3.05, 3.63) is 0 Å². The highest BCUT2D eigenvalue weighted by atomic mass is 32.2. The first-order chi connectivity index (χ1) is 6.17. The van der Waals surface area contributed by atoms with Gasteiger partial charge in [-0.1, -0.05) is 0 Å². The summed E-state index contributed by atoms with van der Waals surface area (Å²) >= 11 is 1.27. The molecule has 0 aliphatic rings. The largest absolute Gasteiger partial charge is 0.465 e. The van der Waals surface area contributed by atoms with Crippen LogP contribution in [0, 0.1) is 5.92 Å². The zero-order valence-corrected chi connectivity index (χ0v) is 8.43. The van der Waals surface area contributed by atoms with E-state index in [0.29, 0.717) is 6.29 Å². The number of esters is 1. The molecule has 13 heavy (non-hydrogen) atoms. The average molecular weight is 204 g/mol. The van der Waals surface area contributed by atoms with Gasteiger partial charge in [-0.25, -0.2) is 0 Å². The Labute approximate surface area is 81.0 Å². The maximum atomic E-state index is 11.1. The van der Waals surface area contributed by atoms with Gasteiger partial charge in [-0.15, -0.1) is 0 Å². The number of hydrogen-bond acceptors (Lipinski definition) is 5. The van der Waals surface area contributed by atoms with Gasteiger partial charge in [-0.2, -0.15) is 11.8 Å². The second kappa shape index (κ2) is 6.65. The number of aldehydes is 1. The van der Waals surface area contributed by atoms with Crippen LogP contribution in [-0.4, -0.2) is 36.7 Å². The number of thioether (sulfide) groups is 1. The molecule has 0 N–H and O–H groups in total. The molecule has 1 unspecified atom stereocenters. The van der Waals surface area contributed by atoms with Gasteiger partial charge in [-0.05, 0) is 13.2 Å². The van der Waals surface area contributed by atoms with Crippen LogP contribution in [0.25, 0.3) is 0 Å². The van der Waals surface area contributed by atoms with Crippen LogP contribution in [-0.2, 0) is 19.1 Å². The SMILES string of the molecule is CCOC(=O)C(C=O)C(=O)CSC. The molecule has 4 nitrogen and oxygen atoms in total. The Morgan fingerprint density at radius 1 is 1.54 bits per heavy atom. The summed E-state index contributed by atoms with van der Waals surface area (Å²) in [4.78, 5) is 32.6. The van der Waals surface area contributed by atoms with E-state index in [-0.39, 0.29) is 12.4 Å². The van der Waals surface area contributed by atoms with Crippen LogP contribution in [0.15, 0.2) is 0 Å². The first-order valence-corrected chi connectivity index (χ1v) is 5.20. The third-order valence-corrected chi connectivity index (χ3v) is 1.88. The molecule has 0 heterocycles. The molecule has 0 aliphatic carbocycles. The van der Waals surface area contributed by atoms with E-state index in [9.17, 15) is 14.4 Å². The Kier molecular flexibility index (Phi) is 6.22. The van der Waals surface area contributed by atoms with Crippen LogP contribution in [0.4, 0.5) is 0 Å². The summed E-state index contributed by atoms with van der Waals surface area (Å²) in [6.07, 6.45) is 2.06. The zero-order chi connectivity index (χ0) is 10.3. The van der Waals surface area contributed by atoms with Crippen molar-refractivity contribution in [2.45, 2.75) is 6.92 Å². The lowest BCUT2D eigenvalue weighted by Crippen LogP contribution is -2.28. The van der Waals surface area contributed by atoms with Gasteiger partial charge in [0.15, 0.2) is 11.7 Å². The zero-order valence-electron chi connectivity index (χ0n) is 7.61. The van der Waals surface area contributed by atoms with E-state index < -0.39 is 17.7 Å². The second-order valence-corrected chi connectivity index (χ2v) is 3.13. The van der Waals surface area contributed by atoms with Crippen molar-refractivity contribution in [3.8, 4) is 0 Å². The fourth-order valence-electron chi connectivity index (χ4n) is 0.727. The lowest BCUT2D eigenvalue weighted by atomic mass is 10.1. The minimum absolute atomic E-state index is 0.155. The molecule has 0 aromatic rings. The number of Topliss-reactive ketones (excluding diaryl/α,β-unsaturated/α-hetero) is 1. The standard InChI is InChI=1S/C8H12O4S/c1-3-12-8(11)6(4-9)7(10)5-13-2/h4,6H,3,5H2,1-2H3. The van der Waals surface area contributed by atoms with Crippen LogP contribution in [0.3, 0.4) is 0 Å². The Hall–Kier alpha value is -0.840. The summed E-state index contributed by atoms with van der Waals surface area (Å²) in [6.45, 7) is 1.80. The van der Waals surface area contributed by atoms with Crippen LogP contribution in [0.2, 0.25) is 0 Å². The monoisotopic (exact) mass is 204 g/mol. The molecule has 0 aromatic carbocycles. The molecule has 0 spiro atoms. The predicted octanol–water partition coefficient (Wildman–Crippen LogP) is 0.297. The molecule has 0 bridgehead atoms. The molecule has 0 saturated heterocycles. The summed E-state index contributed by atoms with van der Waals surface area (Å²) < 4.78 is 4.56. The molecule has 0 fully saturated rings. The highest BCUT2D eigenvalue weighted by Gasteiger charge is 2.26. The van der Waals surface area contributed by atoms with Gasteiger partial charge in [0, 0.05) is 0 Å². The molecule has 0 aliphatic heterocycles. The van der Waals surface area contributed by atoms with Crippen LogP contribution >= 0.6 is 11.8 Å². The van der Waals surface area contributed by atoms with E-state index in [1.54, 1.807) is 13.2 Å². The Morgan fingerprint density at radius 3 is 2.54 bits per heavy atom. The van der Waals surface area contributed by atoms with Crippen molar-refractivity contribution in [2.24, 2.45) is 5.92 Å². The molecule has 0 saturated carbocycles. The van der Waals surface area contributed by atoms with E-state index in [4.69, 9.17) is 0 Å². The van der Waals surface area contributed by atoms with Gasteiger partial charge in [-0.3, -0.25) is 9.59 Å². The minimum Gasteiger partial charge on any atom is -0.465 e. The molecular weight excluding hydrogens is 192 g/mol. The van der Waals surface area contributed by atoms with Gasteiger partial charge in [0.25, 0.3) is 0 Å². The molecule has 0 radical (unpaired) electrons. The Balaban J connectivity index is 4.23. The van der Waals surface area contributed by atoms with E-state index in [0.717, 1.165) is 0 Å². The number of carbonyl (C=O) groups is 3. The van der Waals surface area contributed by atoms with Gasteiger partial charge < -0.3 is 9.53 Å². The van der Waals surface area contributed by atoms with Gasteiger partial charge >= 0.3 is 5.97 Å². The Morgan fingerprint density at radius 2 is 2.15 bits per heavy atom. The fourth-order valence-corrected chi connectivity index (χ4v) is 1.19. The van der Waals surface area contributed by atoms with Crippen molar-refractivity contribution in [2.75, 3.05) is 18.6 Å². The molecule has 0 amide bonds. The van der Waals surface area contributed by atoms with E-state index in [1.807, 2.05) is 0 Å². The number of hydrogen-bond donors (Lipinski definition) is 0. The van der Waals surface area contributed by atoms with Crippen LogP contribution < -0.4 is 0 Å². The molecule has 74 valence electrons. The smallest absolute Gasteiger partial charge is 0.323 e. The number of ketones is 1. The average Bonchev–Trinajstić information content (AvgIpc) is 2.06. The lowest BCUT2D eigenvalue weighted by Gasteiger charge is -2.06. The predicted molar refractivity (Wildman–Crippen MR) is 49.6 cm³/mol. The van der Waals surface area contributed by atoms with Crippen molar-refractivity contribution < 1.29 is 19.1 Å². The maximum Gasteiger partial charge on any atom is 0.323 e. The third-order valence-electron chi connectivity index (χ3n) is 1.31. The number of ether oxygens (including phenoxy) is 1. The number of carbonyl (C=O) groups excluding carboxylic acids is 3. The van der Waals surface area contributed by atoms with Gasteiger partial charge in [0.1, 0.15) is 6.29 Å². The summed E-state index contributed by atoms with van der Waals surface area (Å²) in [5.74, 6) is -2.24. The van der Waals surface area contributed by atoms with Crippen molar-refractivity contribution in [1.29, 1.82) is 0 Å². The Bertz CT molecular complexity index is 184. The van der Waals surface area contributed by atoms with E-state index >= 15 is 0 Å². The first kappa shape index (κ1) is 12.2. The highest BCUT2D eigenvalue weighted by molar-refractivity contribution is 7.99. The minimum atomic E-state index is -1.24. The van der Waals surface area contributed by atoms with E-state index in [1.165, 1.54) is 11.8 Å². The summed E-state index contributed by atoms with van der Waals surface area (Å²) in [7, 11) is 0. The van der Waals surface area contributed by atoms with Crippen LogP contribution in [0.1, 0.15) is 6.92 Å². The van der Waals surface area contributed by atoms with Gasteiger partial charge in [0.05, 0.1) is 12.4 Å². The highest BCUT2D eigenvalue weighted by Crippen LogP contribution is 2.03. The molecule has 5 heteroatoms. The van der Waals surface area contributed by atoms with E-state index in [2.05, 4.69) is 4.74 Å². The molecule has 0 aromatic heterocycles. The summed E-state index contributed by atoms with van der Waals surface area (Å²) in [5.41, 5.74) is 0. The first-order valence-electron chi connectivity index (χ1n) is 3.81. The third kappa shape index (κ3) is 4.07. The van der Waals surface area contributed by atoms with Crippen molar-refractivity contribution in [3.63, 3.8) is 0 Å². The second-order valence-electron chi connectivity index (χ2n) is 2.27. The van der Waals surface area contributed by atoms with Crippen molar-refractivity contribution >= 4 is 29.8 Å².